The molecule has 2 atom stereocenters. The second-order valence-electron chi connectivity index (χ2n) is 16.2. The Morgan fingerprint density at radius 3 is 1.76 bits per heavy atom. The standard InChI is InChI=1S/C58H40N4/c1-4-15-39(16-5-1)43-21-14-22-47(35-43)62-54-25-12-10-23-48(54)50-33-29-45(37-57(50)62)44-30-34-56-51(36-44)49-24-11-13-26-55(49)61(56)46-31-27-42(28-32-46)58-59-52(40-17-6-2-7-18-40)38-53(60-58)41-19-8-3-9-20-41/h1-38,50,57H. The number of nitrogens with zero attached hydrogens (tertiary/aromatic N) is 4. The molecule has 1 aliphatic carbocycles. The molecule has 1 aliphatic heterocycles. The lowest BCUT2D eigenvalue weighted by Crippen LogP contribution is -2.29. The summed E-state index contributed by atoms with van der Waals surface area (Å²) in [6, 6.07) is 75.9. The third-order valence-corrected chi connectivity index (χ3v) is 12.5. The Bertz CT molecular complexity index is 3290. The summed E-state index contributed by atoms with van der Waals surface area (Å²) in [6.45, 7) is 0. The Morgan fingerprint density at radius 1 is 0.403 bits per heavy atom. The Morgan fingerprint density at radius 2 is 1.02 bits per heavy atom. The zero-order chi connectivity index (χ0) is 41.0. The summed E-state index contributed by atoms with van der Waals surface area (Å²) in [5.74, 6) is 0.965. The van der Waals surface area contributed by atoms with Gasteiger partial charge in [-0.2, -0.15) is 0 Å². The van der Waals surface area contributed by atoms with Crippen molar-refractivity contribution in [3.05, 3.63) is 242 Å². The Hall–Kier alpha value is -8.08. The molecule has 0 spiro atoms. The molecule has 2 aliphatic rings. The lowest BCUT2D eigenvalue weighted by Gasteiger charge is -2.30. The summed E-state index contributed by atoms with van der Waals surface area (Å²) in [4.78, 5) is 12.7. The van der Waals surface area contributed by atoms with Gasteiger partial charge >= 0.3 is 0 Å². The molecule has 0 fully saturated rings. The van der Waals surface area contributed by atoms with Gasteiger partial charge in [0.05, 0.1) is 28.5 Å². The van der Waals surface area contributed by atoms with E-state index in [4.69, 9.17) is 9.97 Å². The largest absolute Gasteiger partial charge is 0.333 e. The Balaban J connectivity index is 0.916. The minimum atomic E-state index is 0.148. The molecule has 8 aromatic carbocycles. The van der Waals surface area contributed by atoms with Crippen molar-refractivity contribution in [1.29, 1.82) is 0 Å². The van der Waals surface area contributed by atoms with Gasteiger partial charge in [-0.05, 0) is 94.6 Å². The number of benzene rings is 8. The fourth-order valence-corrected chi connectivity index (χ4v) is 9.59. The maximum absolute atomic E-state index is 5.08. The number of rotatable bonds is 7. The van der Waals surface area contributed by atoms with Gasteiger partial charge in [-0.15, -0.1) is 0 Å². The van der Waals surface area contributed by atoms with Crippen molar-refractivity contribution in [2.24, 2.45) is 0 Å². The van der Waals surface area contributed by atoms with Crippen LogP contribution < -0.4 is 4.90 Å². The van der Waals surface area contributed by atoms with Crippen molar-refractivity contribution >= 4 is 38.8 Å². The highest BCUT2D eigenvalue weighted by molar-refractivity contribution is 6.10. The van der Waals surface area contributed by atoms with E-state index in [2.05, 4.69) is 228 Å². The topological polar surface area (TPSA) is 34.0 Å². The quantitative estimate of drug-likeness (QED) is 0.161. The summed E-state index contributed by atoms with van der Waals surface area (Å²) in [7, 11) is 0. The zero-order valence-electron chi connectivity index (χ0n) is 33.9. The van der Waals surface area contributed by atoms with Crippen LogP contribution in [0.25, 0.3) is 78.1 Å². The first-order chi connectivity index (χ1) is 30.7. The molecule has 292 valence electrons. The molecule has 2 aromatic heterocycles. The van der Waals surface area contributed by atoms with Crippen LogP contribution in [0.15, 0.2) is 231 Å². The van der Waals surface area contributed by atoms with E-state index in [0.717, 1.165) is 33.8 Å². The molecule has 0 saturated carbocycles. The van der Waals surface area contributed by atoms with Crippen LogP contribution >= 0.6 is 0 Å². The average molecular weight is 793 g/mol. The first-order valence-electron chi connectivity index (χ1n) is 21.3. The van der Waals surface area contributed by atoms with Crippen LogP contribution in [0.3, 0.4) is 0 Å². The van der Waals surface area contributed by atoms with E-state index in [0.29, 0.717) is 5.82 Å². The van der Waals surface area contributed by atoms with E-state index in [1.165, 1.54) is 61.0 Å². The van der Waals surface area contributed by atoms with Crippen molar-refractivity contribution in [1.82, 2.24) is 14.5 Å². The van der Waals surface area contributed by atoms with Gasteiger partial charge < -0.3 is 9.47 Å². The normalized spacial score (nSPS) is 15.4. The lowest BCUT2D eigenvalue weighted by molar-refractivity contribution is 0.747. The molecular weight excluding hydrogens is 753 g/mol. The molecule has 10 aromatic rings. The number of hydrogen-bond donors (Lipinski definition) is 0. The fourth-order valence-electron chi connectivity index (χ4n) is 9.59. The van der Waals surface area contributed by atoms with E-state index in [9.17, 15) is 0 Å². The van der Waals surface area contributed by atoms with Crippen LogP contribution in [0.1, 0.15) is 17.0 Å². The van der Waals surface area contributed by atoms with Crippen LogP contribution in [-0.2, 0) is 0 Å². The highest BCUT2D eigenvalue weighted by atomic mass is 15.2. The molecule has 0 N–H and O–H groups in total. The molecular formula is C58H40N4. The van der Waals surface area contributed by atoms with Gasteiger partial charge in [0.25, 0.3) is 0 Å². The molecule has 0 bridgehead atoms. The molecule has 4 nitrogen and oxygen atoms in total. The maximum Gasteiger partial charge on any atom is 0.160 e. The van der Waals surface area contributed by atoms with Crippen molar-refractivity contribution in [3.8, 4) is 50.7 Å². The summed E-state index contributed by atoms with van der Waals surface area (Å²) in [5.41, 5.74) is 17.1. The van der Waals surface area contributed by atoms with E-state index >= 15 is 0 Å². The van der Waals surface area contributed by atoms with Gasteiger partial charge in [-0.1, -0.05) is 164 Å². The van der Waals surface area contributed by atoms with Crippen LogP contribution in [0.5, 0.6) is 0 Å². The number of fused-ring (bicyclic) bond motifs is 6. The molecule has 2 unspecified atom stereocenters. The highest BCUT2D eigenvalue weighted by Crippen LogP contribution is 2.49. The van der Waals surface area contributed by atoms with Crippen LogP contribution in [0, 0.1) is 0 Å². The summed E-state index contributed by atoms with van der Waals surface area (Å²) < 4.78 is 2.38. The van der Waals surface area contributed by atoms with Crippen molar-refractivity contribution in [3.63, 3.8) is 0 Å². The van der Waals surface area contributed by atoms with E-state index in [1.54, 1.807) is 0 Å². The Labute approximate surface area is 361 Å². The van der Waals surface area contributed by atoms with Crippen molar-refractivity contribution < 1.29 is 0 Å². The van der Waals surface area contributed by atoms with E-state index < -0.39 is 0 Å². The van der Waals surface area contributed by atoms with Gasteiger partial charge in [0, 0.05) is 50.4 Å². The molecule has 0 saturated heterocycles. The molecule has 0 radical (unpaired) electrons. The average Bonchev–Trinajstić information content (AvgIpc) is 3.87. The van der Waals surface area contributed by atoms with E-state index in [1.807, 2.05) is 12.1 Å². The maximum atomic E-state index is 5.08. The molecule has 62 heavy (non-hydrogen) atoms. The van der Waals surface area contributed by atoms with Crippen LogP contribution in [-0.4, -0.2) is 20.6 Å². The van der Waals surface area contributed by atoms with Gasteiger partial charge in [0.1, 0.15) is 0 Å². The first kappa shape index (κ1) is 35.8. The summed E-state index contributed by atoms with van der Waals surface area (Å²) in [6.07, 6.45) is 7.23. The zero-order valence-corrected chi connectivity index (χ0v) is 33.9. The van der Waals surface area contributed by atoms with E-state index in [-0.39, 0.29) is 12.0 Å². The molecule has 0 amide bonds. The number of anilines is 2. The lowest BCUT2D eigenvalue weighted by atomic mass is 9.86. The Kier molecular flexibility index (Phi) is 8.60. The second-order valence-corrected chi connectivity index (χ2v) is 16.2. The van der Waals surface area contributed by atoms with Gasteiger partial charge in [0.15, 0.2) is 5.82 Å². The molecule has 4 heteroatoms. The number of hydrogen-bond acceptors (Lipinski definition) is 3. The molecule has 3 heterocycles. The smallest absolute Gasteiger partial charge is 0.160 e. The van der Waals surface area contributed by atoms with Gasteiger partial charge in [0.2, 0.25) is 0 Å². The minimum Gasteiger partial charge on any atom is -0.333 e. The van der Waals surface area contributed by atoms with Crippen molar-refractivity contribution in [2.45, 2.75) is 12.0 Å². The second kappa shape index (κ2) is 14.9. The van der Waals surface area contributed by atoms with Crippen LogP contribution in [0.4, 0.5) is 11.4 Å². The number of allylic oxidation sites excluding steroid dienone is 2. The SMILES string of the molecule is C1=CC2c3ccccc3N(c3cccc(-c4ccccc4)c3)C2C=C1c1ccc2c(c1)c1ccccc1n2-c1ccc(-c2nc(-c3ccccc3)cc(-c3ccccc3)n2)cc1. The highest BCUT2D eigenvalue weighted by Gasteiger charge is 2.38. The minimum absolute atomic E-state index is 0.148. The van der Waals surface area contributed by atoms with Crippen molar-refractivity contribution in [2.75, 3.05) is 4.90 Å². The molecule has 12 rings (SSSR count). The predicted octanol–water partition coefficient (Wildman–Crippen LogP) is 14.5. The fraction of sp³-hybridized carbons (Fsp3) is 0.0345. The third kappa shape index (κ3) is 6.15. The van der Waals surface area contributed by atoms with Gasteiger partial charge in [-0.25, -0.2) is 9.97 Å². The summed E-state index contributed by atoms with van der Waals surface area (Å²) in [5, 5.41) is 2.46. The first-order valence-corrected chi connectivity index (χ1v) is 21.3. The number of aromatic nitrogens is 3. The third-order valence-electron chi connectivity index (χ3n) is 12.5. The van der Waals surface area contributed by atoms with Crippen LogP contribution in [0.2, 0.25) is 0 Å². The predicted molar refractivity (Wildman–Crippen MR) is 257 cm³/mol. The summed E-state index contributed by atoms with van der Waals surface area (Å²) >= 11 is 0. The number of para-hydroxylation sites is 2. The monoisotopic (exact) mass is 792 g/mol. The van der Waals surface area contributed by atoms with Gasteiger partial charge in [-0.3, -0.25) is 0 Å².